The molecule has 0 spiro atoms. The monoisotopic (exact) mass is 310 g/mol. The maximum absolute atomic E-state index is 12.5. The van der Waals surface area contributed by atoms with Gasteiger partial charge in [0.15, 0.2) is 0 Å². The molecule has 0 aromatic carbocycles. The fraction of sp³-hybridized carbons (Fsp3) is 0.222. The molecule has 17 heavy (non-hydrogen) atoms. The van der Waals surface area contributed by atoms with E-state index >= 15 is 0 Å². The highest BCUT2D eigenvalue weighted by molar-refractivity contribution is 9.09. The lowest BCUT2D eigenvalue weighted by molar-refractivity contribution is -0.138. The van der Waals surface area contributed by atoms with Crippen LogP contribution in [0.1, 0.15) is 15.9 Å². The smallest absolute Gasteiger partial charge is 0.292 e. The zero-order valence-corrected chi connectivity index (χ0v) is 9.80. The SMILES string of the molecule is O=C(CBr)NC(=O)c1cnccc1C(F)(F)F. The zero-order valence-electron chi connectivity index (χ0n) is 8.21. The topological polar surface area (TPSA) is 59.1 Å². The number of halogens is 4. The number of imide groups is 1. The normalized spacial score (nSPS) is 11.1. The summed E-state index contributed by atoms with van der Waals surface area (Å²) in [6.45, 7) is 0. The number of hydrogen-bond acceptors (Lipinski definition) is 3. The molecule has 4 nitrogen and oxygen atoms in total. The number of aromatic nitrogens is 1. The number of alkyl halides is 4. The van der Waals surface area contributed by atoms with E-state index in [1.807, 2.05) is 0 Å². The third-order valence-electron chi connectivity index (χ3n) is 1.75. The summed E-state index contributed by atoms with van der Waals surface area (Å²) < 4.78 is 37.6. The maximum atomic E-state index is 12.5. The summed E-state index contributed by atoms with van der Waals surface area (Å²) in [7, 11) is 0. The highest BCUT2D eigenvalue weighted by Gasteiger charge is 2.35. The average Bonchev–Trinajstić information content (AvgIpc) is 2.27. The Hall–Kier alpha value is -1.44. The molecule has 0 unspecified atom stereocenters. The minimum atomic E-state index is -4.67. The van der Waals surface area contributed by atoms with E-state index in [4.69, 9.17) is 0 Å². The number of rotatable bonds is 2. The van der Waals surface area contributed by atoms with Crippen molar-refractivity contribution >= 4 is 27.7 Å². The van der Waals surface area contributed by atoms with Crippen LogP contribution in [0.3, 0.4) is 0 Å². The fourth-order valence-electron chi connectivity index (χ4n) is 1.05. The second-order valence-electron chi connectivity index (χ2n) is 2.93. The predicted molar refractivity (Wildman–Crippen MR) is 55.5 cm³/mol. The molecular weight excluding hydrogens is 305 g/mol. The van der Waals surface area contributed by atoms with Crippen molar-refractivity contribution < 1.29 is 22.8 Å². The van der Waals surface area contributed by atoms with Gasteiger partial charge in [0.25, 0.3) is 5.91 Å². The van der Waals surface area contributed by atoms with Crippen LogP contribution in [0.25, 0.3) is 0 Å². The van der Waals surface area contributed by atoms with Crippen molar-refractivity contribution in [2.45, 2.75) is 6.18 Å². The molecule has 8 heteroatoms. The summed E-state index contributed by atoms with van der Waals surface area (Å²) in [5.41, 5.74) is -1.82. The van der Waals surface area contributed by atoms with Gasteiger partial charge >= 0.3 is 6.18 Å². The van der Waals surface area contributed by atoms with Crippen LogP contribution < -0.4 is 5.32 Å². The Labute approximate surface area is 102 Å². The van der Waals surface area contributed by atoms with E-state index in [-0.39, 0.29) is 5.33 Å². The van der Waals surface area contributed by atoms with E-state index in [9.17, 15) is 22.8 Å². The molecule has 0 radical (unpaired) electrons. The summed E-state index contributed by atoms with van der Waals surface area (Å²) in [6, 6.07) is 0.674. The number of amides is 2. The molecule has 92 valence electrons. The van der Waals surface area contributed by atoms with Crippen molar-refractivity contribution in [2.24, 2.45) is 0 Å². The van der Waals surface area contributed by atoms with E-state index in [1.165, 1.54) is 0 Å². The number of nitrogens with one attached hydrogen (secondary N) is 1. The van der Waals surface area contributed by atoms with Crippen LogP contribution in [0.15, 0.2) is 18.5 Å². The van der Waals surface area contributed by atoms with Crippen molar-refractivity contribution in [3.8, 4) is 0 Å². The van der Waals surface area contributed by atoms with Gasteiger partial charge in [0, 0.05) is 12.4 Å². The van der Waals surface area contributed by atoms with E-state index in [0.29, 0.717) is 6.07 Å². The van der Waals surface area contributed by atoms with Gasteiger partial charge in [-0.2, -0.15) is 13.2 Å². The largest absolute Gasteiger partial charge is 0.417 e. The molecule has 0 bridgehead atoms. The molecule has 1 N–H and O–H groups in total. The van der Waals surface area contributed by atoms with Crippen molar-refractivity contribution in [1.29, 1.82) is 0 Å². The Bertz CT molecular complexity index is 448. The average molecular weight is 311 g/mol. The Kier molecular flexibility index (Phi) is 4.22. The standard InChI is InChI=1S/C9H6BrF3N2O2/c10-3-7(16)15-8(17)5-4-14-2-1-6(5)9(11,12)13/h1-2,4H,3H2,(H,15,16,17). The molecule has 0 aliphatic heterocycles. The van der Waals surface area contributed by atoms with Crippen LogP contribution in [-0.2, 0) is 11.0 Å². The quantitative estimate of drug-likeness (QED) is 0.847. The van der Waals surface area contributed by atoms with Gasteiger partial charge in [-0.25, -0.2) is 0 Å². The van der Waals surface area contributed by atoms with Crippen LogP contribution in [-0.4, -0.2) is 22.1 Å². The number of carbonyl (C=O) groups excluding carboxylic acids is 2. The second kappa shape index (κ2) is 5.26. The third-order valence-corrected chi connectivity index (χ3v) is 2.25. The van der Waals surface area contributed by atoms with Crippen molar-refractivity contribution in [3.05, 3.63) is 29.6 Å². The third kappa shape index (κ3) is 3.52. The lowest BCUT2D eigenvalue weighted by Gasteiger charge is -2.11. The summed E-state index contributed by atoms with van der Waals surface area (Å²) in [6.07, 6.45) is -2.99. The first kappa shape index (κ1) is 13.6. The van der Waals surface area contributed by atoms with Crippen LogP contribution in [0, 0.1) is 0 Å². The number of carbonyl (C=O) groups is 2. The molecule has 2 amide bonds. The van der Waals surface area contributed by atoms with Crippen molar-refractivity contribution in [2.75, 3.05) is 5.33 Å². The highest BCUT2D eigenvalue weighted by Crippen LogP contribution is 2.31. The lowest BCUT2D eigenvalue weighted by atomic mass is 10.1. The molecule has 1 heterocycles. The highest BCUT2D eigenvalue weighted by atomic mass is 79.9. The van der Waals surface area contributed by atoms with Gasteiger partial charge in [-0.15, -0.1) is 0 Å². The maximum Gasteiger partial charge on any atom is 0.417 e. The van der Waals surface area contributed by atoms with Crippen molar-refractivity contribution in [3.63, 3.8) is 0 Å². The number of nitrogens with zero attached hydrogens (tertiary/aromatic N) is 1. The summed E-state index contributed by atoms with van der Waals surface area (Å²) in [5.74, 6) is -1.86. The Balaban J connectivity index is 3.06. The molecule has 0 fully saturated rings. The molecule has 0 aliphatic rings. The predicted octanol–water partition coefficient (Wildman–Crippen LogP) is 1.75. The van der Waals surface area contributed by atoms with Gasteiger partial charge in [0.2, 0.25) is 5.91 Å². The minimum absolute atomic E-state index is 0.180. The first-order chi connectivity index (χ1) is 7.86. The van der Waals surface area contributed by atoms with E-state index < -0.39 is 29.1 Å². The van der Waals surface area contributed by atoms with E-state index in [0.717, 1.165) is 12.4 Å². The fourth-order valence-corrected chi connectivity index (χ4v) is 1.19. The van der Waals surface area contributed by atoms with Gasteiger partial charge in [0.05, 0.1) is 16.5 Å². The second-order valence-corrected chi connectivity index (χ2v) is 3.49. The summed E-state index contributed by atoms with van der Waals surface area (Å²) in [5, 5.41) is 1.61. The molecule has 1 aromatic rings. The molecular formula is C9H6BrF3N2O2. The molecule has 0 aliphatic carbocycles. The summed E-state index contributed by atoms with van der Waals surface area (Å²) >= 11 is 2.77. The Morgan fingerprint density at radius 1 is 1.41 bits per heavy atom. The van der Waals surface area contributed by atoms with Gasteiger partial charge < -0.3 is 0 Å². The number of pyridine rings is 1. The first-order valence-corrected chi connectivity index (χ1v) is 5.39. The van der Waals surface area contributed by atoms with Crippen LogP contribution >= 0.6 is 15.9 Å². The molecule has 0 saturated carbocycles. The van der Waals surface area contributed by atoms with Crippen molar-refractivity contribution in [1.82, 2.24) is 10.3 Å². The molecule has 0 atom stereocenters. The van der Waals surface area contributed by atoms with Crippen LogP contribution in [0.2, 0.25) is 0 Å². The lowest BCUT2D eigenvalue weighted by Crippen LogP contribution is -2.32. The zero-order chi connectivity index (χ0) is 13.1. The first-order valence-electron chi connectivity index (χ1n) is 4.27. The van der Waals surface area contributed by atoms with E-state index in [1.54, 1.807) is 5.32 Å². The minimum Gasteiger partial charge on any atom is -0.292 e. The molecule has 1 rings (SSSR count). The number of hydrogen-bond donors (Lipinski definition) is 1. The Morgan fingerprint density at radius 2 is 2.06 bits per heavy atom. The summed E-state index contributed by atoms with van der Waals surface area (Å²) in [4.78, 5) is 25.7. The van der Waals surface area contributed by atoms with Gasteiger partial charge in [-0.05, 0) is 6.07 Å². The van der Waals surface area contributed by atoms with Gasteiger partial charge in [-0.1, -0.05) is 15.9 Å². The van der Waals surface area contributed by atoms with Crippen LogP contribution in [0.4, 0.5) is 13.2 Å². The molecule has 1 aromatic heterocycles. The Morgan fingerprint density at radius 3 is 2.59 bits per heavy atom. The van der Waals surface area contributed by atoms with E-state index in [2.05, 4.69) is 20.9 Å². The van der Waals surface area contributed by atoms with Gasteiger partial charge in [0.1, 0.15) is 0 Å². The van der Waals surface area contributed by atoms with Crippen LogP contribution in [0.5, 0.6) is 0 Å². The van der Waals surface area contributed by atoms with Gasteiger partial charge in [-0.3, -0.25) is 19.9 Å². The molecule has 0 saturated heterocycles.